The summed E-state index contributed by atoms with van der Waals surface area (Å²) in [6.45, 7) is 0.418. The molecule has 0 radical (unpaired) electrons. The molecule has 0 aliphatic rings. The van der Waals surface area contributed by atoms with E-state index in [1.54, 1.807) is 4.57 Å². The molecule has 2 amide bonds. The maximum absolute atomic E-state index is 11.3. The molecule has 0 atom stereocenters. The summed E-state index contributed by atoms with van der Waals surface area (Å²) in [5.74, 6) is 0. The molecule has 20 heavy (non-hydrogen) atoms. The van der Waals surface area contributed by atoms with Gasteiger partial charge in [0.2, 0.25) is 4.80 Å². The van der Waals surface area contributed by atoms with E-state index in [4.69, 9.17) is 0 Å². The highest BCUT2D eigenvalue weighted by atomic mass is 32.1. The topological polar surface area (TPSA) is 89.5 Å². The third-order valence-electron chi connectivity index (χ3n) is 2.49. The Kier molecular flexibility index (Phi) is 4.26. The van der Waals surface area contributed by atoms with Crippen LogP contribution in [-0.4, -0.2) is 22.6 Å². The average Bonchev–Trinajstić information content (AvgIpc) is 2.83. The molecule has 1 aromatic carbocycles. The maximum atomic E-state index is 11.3. The van der Waals surface area contributed by atoms with Crippen LogP contribution in [0.1, 0.15) is 5.56 Å². The fourth-order valence-electron chi connectivity index (χ4n) is 1.57. The Labute approximate surface area is 118 Å². The SMILES string of the molecule is CNC(=O)N=c1sc([N+](=O)[O-])cn1Cc1ccccc1. The molecular formula is C12H12N4O3S. The molecule has 0 aliphatic heterocycles. The summed E-state index contributed by atoms with van der Waals surface area (Å²) in [6, 6.07) is 8.92. The summed E-state index contributed by atoms with van der Waals surface area (Å²) in [5.41, 5.74) is 0.971. The van der Waals surface area contributed by atoms with Crippen LogP contribution in [0.2, 0.25) is 0 Å². The van der Waals surface area contributed by atoms with E-state index < -0.39 is 11.0 Å². The number of carbonyl (C=O) groups excluding carboxylic acids is 1. The van der Waals surface area contributed by atoms with Crippen LogP contribution >= 0.6 is 11.3 Å². The standard InChI is InChI=1S/C12H12N4O3S/c1-13-11(17)14-12-15(8-10(20-12)16(18)19)7-9-5-3-2-4-6-9/h2-6,8H,7H2,1H3,(H,13,17). The lowest BCUT2D eigenvalue weighted by atomic mass is 10.2. The summed E-state index contributed by atoms with van der Waals surface area (Å²) >= 11 is 0.867. The molecule has 0 unspecified atom stereocenters. The minimum absolute atomic E-state index is 0.0522. The Morgan fingerprint density at radius 3 is 2.75 bits per heavy atom. The zero-order valence-corrected chi connectivity index (χ0v) is 11.5. The summed E-state index contributed by atoms with van der Waals surface area (Å²) in [4.78, 5) is 25.7. The van der Waals surface area contributed by atoms with Gasteiger partial charge in [-0.2, -0.15) is 4.99 Å². The van der Waals surface area contributed by atoms with Gasteiger partial charge in [0.1, 0.15) is 0 Å². The molecule has 0 saturated carbocycles. The largest absolute Gasteiger partial charge is 0.343 e. The molecule has 1 aromatic heterocycles. The van der Waals surface area contributed by atoms with Gasteiger partial charge >= 0.3 is 11.0 Å². The van der Waals surface area contributed by atoms with Gasteiger partial charge in [0.25, 0.3) is 0 Å². The molecule has 1 heterocycles. The lowest BCUT2D eigenvalue weighted by Crippen LogP contribution is -2.21. The lowest BCUT2D eigenvalue weighted by molar-refractivity contribution is -0.380. The number of urea groups is 1. The van der Waals surface area contributed by atoms with Crippen molar-refractivity contribution >= 4 is 22.4 Å². The van der Waals surface area contributed by atoms with E-state index in [0.29, 0.717) is 11.3 Å². The molecule has 1 N–H and O–H groups in total. The first kappa shape index (κ1) is 13.9. The number of nitrogens with one attached hydrogen (secondary N) is 1. The smallest absolute Gasteiger partial charge is 0.339 e. The first-order valence-electron chi connectivity index (χ1n) is 5.75. The number of rotatable bonds is 3. The molecule has 0 spiro atoms. The van der Waals surface area contributed by atoms with Crippen molar-refractivity contribution in [1.82, 2.24) is 9.88 Å². The Morgan fingerprint density at radius 1 is 1.45 bits per heavy atom. The van der Waals surface area contributed by atoms with E-state index >= 15 is 0 Å². The highest BCUT2D eigenvalue weighted by Crippen LogP contribution is 2.15. The van der Waals surface area contributed by atoms with E-state index in [2.05, 4.69) is 10.3 Å². The first-order valence-corrected chi connectivity index (χ1v) is 6.57. The average molecular weight is 292 g/mol. The van der Waals surface area contributed by atoms with Crippen LogP contribution in [0.15, 0.2) is 41.5 Å². The monoisotopic (exact) mass is 292 g/mol. The molecule has 0 bridgehead atoms. The van der Waals surface area contributed by atoms with Crippen molar-refractivity contribution in [1.29, 1.82) is 0 Å². The highest BCUT2D eigenvalue weighted by Gasteiger charge is 2.13. The van der Waals surface area contributed by atoms with Crippen LogP contribution in [0.4, 0.5) is 9.80 Å². The van der Waals surface area contributed by atoms with Crippen molar-refractivity contribution in [2.24, 2.45) is 4.99 Å². The number of hydrogen-bond acceptors (Lipinski definition) is 4. The van der Waals surface area contributed by atoms with Crippen molar-refractivity contribution in [3.05, 3.63) is 57.0 Å². The number of aromatic nitrogens is 1. The van der Waals surface area contributed by atoms with E-state index in [9.17, 15) is 14.9 Å². The van der Waals surface area contributed by atoms with E-state index in [0.717, 1.165) is 16.9 Å². The minimum Gasteiger partial charge on any atom is -0.339 e. The molecule has 2 rings (SSSR count). The number of carbonyl (C=O) groups is 1. The van der Waals surface area contributed by atoms with Crippen molar-refractivity contribution < 1.29 is 9.72 Å². The second kappa shape index (κ2) is 6.11. The summed E-state index contributed by atoms with van der Waals surface area (Å²) in [7, 11) is 1.45. The van der Waals surface area contributed by atoms with Gasteiger partial charge in [0.05, 0.1) is 17.7 Å². The van der Waals surface area contributed by atoms with E-state index in [1.165, 1.54) is 13.2 Å². The maximum Gasteiger partial charge on any atom is 0.343 e. The van der Waals surface area contributed by atoms with Crippen LogP contribution in [-0.2, 0) is 6.54 Å². The van der Waals surface area contributed by atoms with Crippen LogP contribution in [0.3, 0.4) is 0 Å². The summed E-state index contributed by atoms with van der Waals surface area (Å²) < 4.78 is 1.59. The quantitative estimate of drug-likeness (QED) is 0.690. The van der Waals surface area contributed by atoms with Crippen LogP contribution in [0.25, 0.3) is 0 Å². The molecule has 0 aliphatic carbocycles. The third kappa shape index (κ3) is 3.29. The van der Waals surface area contributed by atoms with E-state index in [1.807, 2.05) is 30.3 Å². The van der Waals surface area contributed by atoms with Gasteiger partial charge in [-0.3, -0.25) is 10.1 Å². The van der Waals surface area contributed by atoms with Gasteiger partial charge < -0.3 is 9.88 Å². The number of benzene rings is 1. The zero-order valence-electron chi connectivity index (χ0n) is 10.6. The van der Waals surface area contributed by atoms with Crippen molar-refractivity contribution in [3.8, 4) is 0 Å². The number of nitrogens with zero attached hydrogens (tertiary/aromatic N) is 3. The van der Waals surface area contributed by atoms with Crippen molar-refractivity contribution in [2.45, 2.75) is 6.54 Å². The summed E-state index contributed by atoms with van der Waals surface area (Å²) in [5, 5.41) is 13.1. The van der Waals surface area contributed by atoms with Gasteiger partial charge in [0.15, 0.2) is 0 Å². The number of thiazole rings is 1. The van der Waals surface area contributed by atoms with Crippen LogP contribution < -0.4 is 10.1 Å². The fraction of sp³-hybridized carbons (Fsp3) is 0.167. The first-order chi connectivity index (χ1) is 9.60. The van der Waals surface area contributed by atoms with Gasteiger partial charge in [-0.25, -0.2) is 4.79 Å². The van der Waals surface area contributed by atoms with Gasteiger partial charge in [-0.1, -0.05) is 30.3 Å². The Morgan fingerprint density at radius 2 is 2.15 bits per heavy atom. The predicted octanol–water partition coefficient (Wildman–Crippen LogP) is 1.75. The number of hydrogen-bond donors (Lipinski definition) is 1. The van der Waals surface area contributed by atoms with Crippen molar-refractivity contribution in [3.63, 3.8) is 0 Å². The summed E-state index contributed by atoms with van der Waals surface area (Å²) in [6.07, 6.45) is 1.39. The molecule has 2 aromatic rings. The predicted molar refractivity (Wildman–Crippen MR) is 74.5 cm³/mol. The fourth-order valence-corrected chi connectivity index (χ4v) is 2.38. The molecule has 0 saturated heterocycles. The molecule has 8 heteroatoms. The van der Waals surface area contributed by atoms with Gasteiger partial charge in [-0.15, -0.1) is 0 Å². The van der Waals surface area contributed by atoms with Crippen LogP contribution in [0, 0.1) is 10.1 Å². The van der Waals surface area contributed by atoms with Crippen molar-refractivity contribution in [2.75, 3.05) is 7.05 Å². The van der Waals surface area contributed by atoms with Crippen LogP contribution in [0.5, 0.6) is 0 Å². The molecule has 0 fully saturated rings. The zero-order chi connectivity index (χ0) is 14.5. The number of nitro groups is 1. The normalized spacial score (nSPS) is 11.3. The molecule has 104 valence electrons. The Balaban J connectivity index is 2.42. The van der Waals surface area contributed by atoms with E-state index in [-0.39, 0.29) is 5.00 Å². The molecular weight excluding hydrogens is 280 g/mol. The minimum atomic E-state index is -0.538. The van der Waals surface area contributed by atoms with Gasteiger partial charge in [0, 0.05) is 7.05 Å². The third-order valence-corrected chi connectivity index (χ3v) is 3.47. The Bertz CT molecular complexity index is 690. The second-order valence-corrected chi connectivity index (χ2v) is 4.88. The number of amides is 2. The Hall–Kier alpha value is -2.48. The van der Waals surface area contributed by atoms with Gasteiger partial charge in [-0.05, 0) is 16.9 Å². The highest BCUT2D eigenvalue weighted by molar-refractivity contribution is 7.12. The second-order valence-electron chi connectivity index (χ2n) is 3.89. The molecule has 7 nitrogen and oxygen atoms in total. The lowest BCUT2D eigenvalue weighted by Gasteiger charge is -2.01.